The van der Waals surface area contributed by atoms with Crippen LogP contribution < -0.4 is 5.32 Å². The molecule has 0 radical (unpaired) electrons. The highest BCUT2D eigenvalue weighted by atomic mass is 16.2. The first kappa shape index (κ1) is 21.8. The monoisotopic (exact) mass is 399 g/mol. The summed E-state index contributed by atoms with van der Waals surface area (Å²) in [6, 6.07) is 7.74. The number of nitrogens with zero attached hydrogens (tertiary/aromatic N) is 2. The number of hydrogen-bond acceptors (Lipinski definition) is 3. The first-order chi connectivity index (χ1) is 14.0. The second kappa shape index (κ2) is 10.2. The SMILES string of the molecule is CC[C@@H](C)CNC(=O)[C@H](C1CCCC1)N1CCN(C(=O)c2ccccc2C)CC1. The van der Waals surface area contributed by atoms with Gasteiger partial charge in [-0.3, -0.25) is 14.5 Å². The Labute approximate surface area is 175 Å². The average Bonchev–Trinajstić information content (AvgIpc) is 3.27. The smallest absolute Gasteiger partial charge is 0.254 e. The number of rotatable bonds is 7. The predicted molar refractivity (Wildman–Crippen MR) is 117 cm³/mol. The fourth-order valence-corrected chi connectivity index (χ4v) is 4.66. The van der Waals surface area contributed by atoms with Crippen molar-refractivity contribution in [2.75, 3.05) is 32.7 Å². The molecule has 5 heteroatoms. The van der Waals surface area contributed by atoms with Gasteiger partial charge in [0, 0.05) is 38.3 Å². The maximum atomic E-state index is 13.1. The zero-order valence-electron chi connectivity index (χ0n) is 18.3. The summed E-state index contributed by atoms with van der Waals surface area (Å²) >= 11 is 0. The van der Waals surface area contributed by atoms with E-state index in [0.29, 0.717) is 24.9 Å². The molecule has 1 saturated heterocycles. The van der Waals surface area contributed by atoms with Crippen LogP contribution in [0.15, 0.2) is 24.3 Å². The number of carbonyl (C=O) groups excluding carboxylic acids is 2. The predicted octanol–water partition coefficient (Wildman–Crippen LogP) is 3.47. The molecule has 1 N–H and O–H groups in total. The summed E-state index contributed by atoms with van der Waals surface area (Å²) in [5.41, 5.74) is 1.81. The zero-order chi connectivity index (χ0) is 20.8. The lowest BCUT2D eigenvalue weighted by atomic mass is 9.94. The largest absolute Gasteiger partial charge is 0.354 e. The summed E-state index contributed by atoms with van der Waals surface area (Å²) in [5, 5.41) is 3.21. The van der Waals surface area contributed by atoms with Crippen LogP contribution in [-0.2, 0) is 4.79 Å². The molecule has 29 heavy (non-hydrogen) atoms. The second-order valence-electron chi connectivity index (χ2n) is 8.89. The molecular formula is C24H37N3O2. The number of nitrogens with one attached hydrogen (secondary N) is 1. The molecular weight excluding hydrogens is 362 g/mol. The molecule has 1 aliphatic carbocycles. The molecule has 1 aromatic carbocycles. The van der Waals surface area contributed by atoms with Gasteiger partial charge in [0.25, 0.3) is 5.91 Å². The first-order valence-electron chi connectivity index (χ1n) is 11.4. The quantitative estimate of drug-likeness (QED) is 0.764. The van der Waals surface area contributed by atoms with Gasteiger partial charge in [0.2, 0.25) is 5.91 Å². The molecule has 0 unspecified atom stereocenters. The van der Waals surface area contributed by atoms with Crippen molar-refractivity contribution in [3.05, 3.63) is 35.4 Å². The Hall–Kier alpha value is -1.88. The minimum Gasteiger partial charge on any atom is -0.354 e. The van der Waals surface area contributed by atoms with Gasteiger partial charge in [-0.2, -0.15) is 0 Å². The summed E-state index contributed by atoms with van der Waals surface area (Å²) in [7, 11) is 0. The van der Waals surface area contributed by atoms with E-state index in [1.54, 1.807) is 0 Å². The number of amides is 2. The van der Waals surface area contributed by atoms with Gasteiger partial charge in [-0.05, 0) is 43.2 Å². The maximum Gasteiger partial charge on any atom is 0.254 e. The van der Waals surface area contributed by atoms with Crippen LogP contribution in [0.4, 0.5) is 0 Å². The summed E-state index contributed by atoms with van der Waals surface area (Å²) < 4.78 is 0. The minimum absolute atomic E-state index is 0.0442. The fourth-order valence-electron chi connectivity index (χ4n) is 4.66. The third-order valence-electron chi connectivity index (χ3n) is 6.81. The number of aryl methyl sites for hydroxylation is 1. The van der Waals surface area contributed by atoms with Crippen LogP contribution in [0, 0.1) is 18.8 Å². The van der Waals surface area contributed by atoms with Crippen LogP contribution in [0.2, 0.25) is 0 Å². The number of benzene rings is 1. The highest BCUT2D eigenvalue weighted by Gasteiger charge is 2.37. The van der Waals surface area contributed by atoms with Crippen LogP contribution in [0.3, 0.4) is 0 Å². The van der Waals surface area contributed by atoms with Crippen LogP contribution in [0.5, 0.6) is 0 Å². The average molecular weight is 400 g/mol. The Morgan fingerprint density at radius 1 is 1.10 bits per heavy atom. The molecule has 1 aromatic rings. The normalized spacial score (nSPS) is 20.4. The third-order valence-corrected chi connectivity index (χ3v) is 6.81. The van der Waals surface area contributed by atoms with Crippen molar-refractivity contribution in [3.8, 4) is 0 Å². The second-order valence-corrected chi connectivity index (χ2v) is 8.89. The Bertz CT molecular complexity index is 691. The standard InChI is InChI=1S/C24H37N3O2/c1-4-18(2)17-25-23(28)22(20-10-6-7-11-20)26-13-15-27(16-14-26)24(29)21-12-8-5-9-19(21)3/h5,8-9,12,18,20,22H,4,6-7,10-11,13-17H2,1-3H3,(H,25,28)/t18-,22+/m1/s1. The van der Waals surface area contributed by atoms with Gasteiger partial charge < -0.3 is 10.2 Å². The lowest BCUT2D eigenvalue weighted by Crippen LogP contribution is -2.58. The van der Waals surface area contributed by atoms with Gasteiger partial charge in [-0.15, -0.1) is 0 Å². The van der Waals surface area contributed by atoms with Crippen molar-refractivity contribution in [1.82, 2.24) is 15.1 Å². The van der Waals surface area contributed by atoms with E-state index in [0.717, 1.165) is 50.0 Å². The van der Waals surface area contributed by atoms with E-state index in [1.165, 1.54) is 12.8 Å². The molecule has 3 rings (SSSR count). The highest BCUT2D eigenvalue weighted by molar-refractivity contribution is 5.95. The van der Waals surface area contributed by atoms with Crippen LogP contribution >= 0.6 is 0 Å². The van der Waals surface area contributed by atoms with E-state index in [4.69, 9.17) is 0 Å². The van der Waals surface area contributed by atoms with E-state index in [2.05, 4.69) is 24.1 Å². The van der Waals surface area contributed by atoms with Crippen LogP contribution in [0.1, 0.15) is 61.9 Å². The van der Waals surface area contributed by atoms with E-state index in [1.807, 2.05) is 36.1 Å². The molecule has 2 aliphatic rings. The highest BCUT2D eigenvalue weighted by Crippen LogP contribution is 2.31. The molecule has 0 aromatic heterocycles. The van der Waals surface area contributed by atoms with E-state index in [-0.39, 0.29) is 17.9 Å². The fraction of sp³-hybridized carbons (Fsp3) is 0.667. The molecule has 5 nitrogen and oxygen atoms in total. The van der Waals surface area contributed by atoms with Crippen molar-refractivity contribution in [2.45, 2.75) is 58.9 Å². The summed E-state index contributed by atoms with van der Waals surface area (Å²) in [5.74, 6) is 1.26. The molecule has 1 heterocycles. The van der Waals surface area contributed by atoms with Gasteiger partial charge in [-0.1, -0.05) is 51.3 Å². The maximum absolute atomic E-state index is 13.1. The third kappa shape index (κ3) is 5.39. The van der Waals surface area contributed by atoms with Gasteiger partial charge in [0.1, 0.15) is 0 Å². The Morgan fingerprint density at radius 3 is 2.38 bits per heavy atom. The van der Waals surface area contributed by atoms with E-state index >= 15 is 0 Å². The minimum atomic E-state index is -0.0442. The molecule has 1 aliphatic heterocycles. The molecule has 2 atom stereocenters. The number of hydrogen-bond donors (Lipinski definition) is 1. The lowest BCUT2D eigenvalue weighted by molar-refractivity contribution is -0.129. The van der Waals surface area contributed by atoms with Crippen molar-refractivity contribution in [2.24, 2.45) is 11.8 Å². The van der Waals surface area contributed by atoms with Gasteiger partial charge in [0.15, 0.2) is 0 Å². The number of piperazine rings is 1. The van der Waals surface area contributed by atoms with E-state index in [9.17, 15) is 9.59 Å². The number of carbonyl (C=O) groups is 2. The van der Waals surface area contributed by atoms with Gasteiger partial charge >= 0.3 is 0 Å². The summed E-state index contributed by atoms with van der Waals surface area (Å²) in [6.45, 7) is 10.0. The molecule has 2 fully saturated rings. The zero-order valence-corrected chi connectivity index (χ0v) is 18.3. The first-order valence-corrected chi connectivity index (χ1v) is 11.4. The van der Waals surface area contributed by atoms with Crippen LogP contribution in [-0.4, -0.2) is 60.4 Å². The molecule has 0 bridgehead atoms. The van der Waals surface area contributed by atoms with Crippen molar-refractivity contribution in [1.29, 1.82) is 0 Å². The van der Waals surface area contributed by atoms with Crippen LogP contribution in [0.25, 0.3) is 0 Å². The Balaban J connectivity index is 1.62. The van der Waals surface area contributed by atoms with Crippen molar-refractivity contribution >= 4 is 11.8 Å². The van der Waals surface area contributed by atoms with E-state index < -0.39 is 0 Å². The molecule has 160 valence electrons. The molecule has 2 amide bonds. The Kier molecular flexibility index (Phi) is 7.70. The molecule has 1 saturated carbocycles. The lowest BCUT2D eigenvalue weighted by Gasteiger charge is -2.41. The summed E-state index contributed by atoms with van der Waals surface area (Å²) in [6.07, 6.45) is 5.82. The Morgan fingerprint density at radius 2 is 1.76 bits per heavy atom. The van der Waals surface area contributed by atoms with Crippen molar-refractivity contribution < 1.29 is 9.59 Å². The van der Waals surface area contributed by atoms with Gasteiger partial charge in [0.05, 0.1) is 6.04 Å². The molecule has 0 spiro atoms. The summed E-state index contributed by atoms with van der Waals surface area (Å²) in [4.78, 5) is 30.3. The van der Waals surface area contributed by atoms with Crippen molar-refractivity contribution in [3.63, 3.8) is 0 Å². The van der Waals surface area contributed by atoms with Gasteiger partial charge in [-0.25, -0.2) is 0 Å². The topological polar surface area (TPSA) is 52.7 Å².